The smallest absolute Gasteiger partial charge is 0.173 e. The zero-order valence-electron chi connectivity index (χ0n) is 20.4. The standard InChI is InChI=1S/C27H29FN6O2/c1-35-23-13-7-20(8-14-23)19-34-27(29-30-31-34)26(21-9-11-22(28)12-10-21)33-17-15-32(16-18-33)24-5-3-4-6-25(24)36-2/h3-14,26H,15-19H2,1-2H3/t26-/m0/s1. The van der Waals surface area contributed by atoms with E-state index in [4.69, 9.17) is 9.47 Å². The summed E-state index contributed by atoms with van der Waals surface area (Å²) in [5.41, 5.74) is 3.10. The summed E-state index contributed by atoms with van der Waals surface area (Å²) in [5, 5.41) is 12.7. The quantitative estimate of drug-likeness (QED) is 0.374. The maximum Gasteiger partial charge on any atom is 0.173 e. The van der Waals surface area contributed by atoms with Gasteiger partial charge in [-0.15, -0.1) is 5.10 Å². The van der Waals surface area contributed by atoms with Gasteiger partial charge in [0.2, 0.25) is 0 Å². The van der Waals surface area contributed by atoms with Gasteiger partial charge in [0.1, 0.15) is 17.3 Å². The lowest BCUT2D eigenvalue weighted by Gasteiger charge is -2.40. The van der Waals surface area contributed by atoms with Crippen molar-refractivity contribution in [3.05, 3.63) is 95.6 Å². The lowest BCUT2D eigenvalue weighted by Crippen LogP contribution is -2.48. The molecule has 1 aromatic heterocycles. The van der Waals surface area contributed by atoms with Crippen LogP contribution in [0.15, 0.2) is 72.8 Å². The van der Waals surface area contributed by atoms with Crippen LogP contribution in [0.25, 0.3) is 0 Å². The number of halogens is 1. The Hall–Kier alpha value is -3.98. The summed E-state index contributed by atoms with van der Waals surface area (Å²) in [6.45, 7) is 3.73. The second-order valence-electron chi connectivity index (χ2n) is 8.69. The topological polar surface area (TPSA) is 68.5 Å². The Morgan fingerprint density at radius 1 is 0.861 bits per heavy atom. The minimum absolute atomic E-state index is 0.210. The normalized spacial score (nSPS) is 15.0. The Morgan fingerprint density at radius 3 is 2.28 bits per heavy atom. The molecule has 4 aromatic rings. The van der Waals surface area contributed by atoms with E-state index in [0.717, 1.165) is 60.3 Å². The average molecular weight is 489 g/mol. The number of methoxy groups -OCH3 is 2. The van der Waals surface area contributed by atoms with E-state index in [1.165, 1.54) is 12.1 Å². The molecule has 0 bridgehead atoms. The Morgan fingerprint density at radius 2 is 1.58 bits per heavy atom. The lowest BCUT2D eigenvalue weighted by atomic mass is 10.0. The second-order valence-corrected chi connectivity index (χ2v) is 8.69. The molecule has 1 atom stereocenters. The van der Waals surface area contributed by atoms with Gasteiger partial charge in [-0.2, -0.15) is 0 Å². The summed E-state index contributed by atoms with van der Waals surface area (Å²) in [6.07, 6.45) is 0. The molecule has 0 aliphatic carbocycles. The van der Waals surface area contributed by atoms with Crippen molar-refractivity contribution in [3.8, 4) is 11.5 Å². The van der Waals surface area contributed by atoms with Crippen molar-refractivity contribution in [1.82, 2.24) is 25.1 Å². The molecule has 1 aliphatic heterocycles. The average Bonchev–Trinajstić information content (AvgIpc) is 3.38. The number of para-hydroxylation sites is 2. The van der Waals surface area contributed by atoms with Crippen LogP contribution in [0, 0.1) is 5.82 Å². The van der Waals surface area contributed by atoms with Crippen molar-refractivity contribution in [2.75, 3.05) is 45.3 Å². The number of anilines is 1. The summed E-state index contributed by atoms with van der Waals surface area (Å²) in [5.74, 6) is 2.12. The first kappa shape index (κ1) is 23.7. The van der Waals surface area contributed by atoms with Gasteiger partial charge < -0.3 is 14.4 Å². The molecule has 3 aromatic carbocycles. The van der Waals surface area contributed by atoms with Crippen molar-refractivity contribution in [2.45, 2.75) is 12.6 Å². The van der Waals surface area contributed by atoms with Crippen LogP contribution in [0.3, 0.4) is 0 Å². The number of hydrogen-bond donors (Lipinski definition) is 0. The fourth-order valence-corrected chi connectivity index (χ4v) is 4.70. The minimum Gasteiger partial charge on any atom is -0.497 e. The van der Waals surface area contributed by atoms with Crippen molar-refractivity contribution in [3.63, 3.8) is 0 Å². The van der Waals surface area contributed by atoms with E-state index in [0.29, 0.717) is 6.54 Å². The molecule has 0 N–H and O–H groups in total. The Labute approximate surface area is 209 Å². The summed E-state index contributed by atoms with van der Waals surface area (Å²) in [7, 11) is 3.34. The van der Waals surface area contributed by atoms with Crippen LogP contribution in [-0.2, 0) is 6.54 Å². The van der Waals surface area contributed by atoms with E-state index in [1.807, 2.05) is 59.3 Å². The number of ether oxygens (including phenoxy) is 2. The van der Waals surface area contributed by atoms with Crippen molar-refractivity contribution >= 4 is 5.69 Å². The van der Waals surface area contributed by atoms with Gasteiger partial charge in [-0.3, -0.25) is 4.90 Å². The van der Waals surface area contributed by atoms with Crippen LogP contribution in [0.5, 0.6) is 11.5 Å². The molecule has 2 heterocycles. The Kier molecular flexibility index (Phi) is 7.08. The molecule has 0 radical (unpaired) electrons. The highest BCUT2D eigenvalue weighted by molar-refractivity contribution is 5.58. The molecule has 9 heteroatoms. The van der Waals surface area contributed by atoms with E-state index in [2.05, 4.69) is 31.4 Å². The van der Waals surface area contributed by atoms with Gasteiger partial charge >= 0.3 is 0 Å². The third kappa shape index (κ3) is 5.01. The van der Waals surface area contributed by atoms with Crippen LogP contribution in [0.1, 0.15) is 23.0 Å². The molecular formula is C27H29FN6O2. The number of aromatic nitrogens is 4. The van der Waals surface area contributed by atoms with Crippen LogP contribution in [0.4, 0.5) is 10.1 Å². The van der Waals surface area contributed by atoms with Gasteiger partial charge in [-0.25, -0.2) is 9.07 Å². The van der Waals surface area contributed by atoms with Crippen LogP contribution < -0.4 is 14.4 Å². The molecule has 0 unspecified atom stereocenters. The van der Waals surface area contributed by atoms with Crippen LogP contribution in [0.2, 0.25) is 0 Å². The summed E-state index contributed by atoms with van der Waals surface area (Å²) in [6, 6.07) is 22.3. The highest BCUT2D eigenvalue weighted by atomic mass is 19.1. The highest BCUT2D eigenvalue weighted by Gasteiger charge is 2.31. The molecule has 36 heavy (non-hydrogen) atoms. The van der Waals surface area contributed by atoms with Gasteiger partial charge in [-0.05, 0) is 58.0 Å². The monoisotopic (exact) mass is 488 g/mol. The number of tetrazole rings is 1. The zero-order chi connectivity index (χ0) is 24.9. The largest absolute Gasteiger partial charge is 0.497 e. The first-order valence-electron chi connectivity index (χ1n) is 11.9. The number of rotatable bonds is 8. The highest BCUT2D eigenvalue weighted by Crippen LogP contribution is 2.32. The van der Waals surface area contributed by atoms with Crippen LogP contribution in [-0.4, -0.2) is 65.5 Å². The summed E-state index contributed by atoms with van der Waals surface area (Å²) < 4.78 is 26.5. The number of piperazine rings is 1. The van der Waals surface area contributed by atoms with Gasteiger partial charge in [0.05, 0.1) is 32.5 Å². The molecule has 1 saturated heterocycles. The van der Waals surface area contributed by atoms with E-state index in [-0.39, 0.29) is 11.9 Å². The van der Waals surface area contributed by atoms with Gasteiger partial charge in [0.25, 0.3) is 0 Å². The fourth-order valence-electron chi connectivity index (χ4n) is 4.70. The molecule has 0 spiro atoms. The SMILES string of the molecule is COc1ccc(Cn2nnnc2[C@H](c2ccc(F)cc2)N2CCN(c3ccccc3OC)CC2)cc1. The van der Waals surface area contributed by atoms with E-state index in [1.54, 1.807) is 14.2 Å². The van der Waals surface area contributed by atoms with E-state index < -0.39 is 0 Å². The molecule has 186 valence electrons. The van der Waals surface area contributed by atoms with Crippen molar-refractivity contribution < 1.29 is 13.9 Å². The van der Waals surface area contributed by atoms with Crippen molar-refractivity contribution in [2.24, 2.45) is 0 Å². The predicted octanol–water partition coefficient (Wildman–Crippen LogP) is 3.79. The molecule has 5 rings (SSSR count). The van der Waals surface area contributed by atoms with Gasteiger partial charge in [0, 0.05) is 26.2 Å². The van der Waals surface area contributed by atoms with E-state index in [9.17, 15) is 4.39 Å². The van der Waals surface area contributed by atoms with Gasteiger partial charge in [-0.1, -0.05) is 36.4 Å². The van der Waals surface area contributed by atoms with Crippen molar-refractivity contribution in [1.29, 1.82) is 0 Å². The number of benzene rings is 3. The van der Waals surface area contributed by atoms with Gasteiger partial charge in [0.15, 0.2) is 5.82 Å². The molecule has 0 amide bonds. The Bertz CT molecular complexity index is 1270. The summed E-state index contributed by atoms with van der Waals surface area (Å²) in [4.78, 5) is 4.69. The lowest BCUT2D eigenvalue weighted by molar-refractivity contribution is 0.201. The molecule has 1 aliphatic rings. The Balaban J connectivity index is 1.41. The zero-order valence-corrected chi connectivity index (χ0v) is 20.4. The molecule has 8 nitrogen and oxygen atoms in total. The molecule has 1 fully saturated rings. The maximum atomic E-state index is 13.8. The number of nitrogens with zero attached hydrogens (tertiary/aromatic N) is 6. The third-order valence-corrected chi connectivity index (χ3v) is 6.59. The first-order chi connectivity index (χ1) is 17.7. The third-order valence-electron chi connectivity index (χ3n) is 6.59. The predicted molar refractivity (Wildman–Crippen MR) is 135 cm³/mol. The number of hydrogen-bond acceptors (Lipinski definition) is 7. The summed E-state index contributed by atoms with van der Waals surface area (Å²) >= 11 is 0. The minimum atomic E-state index is -0.267. The molecule has 0 saturated carbocycles. The second kappa shape index (κ2) is 10.7. The first-order valence-corrected chi connectivity index (χ1v) is 11.9. The van der Waals surface area contributed by atoms with Crippen LogP contribution >= 0.6 is 0 Å². The molecular weight excluding hydrogens is 459 g/mol. The fraction of sp³-hybridized carbons (Fsp3) is 0.296. The van der Waals surface area contributed by atoms with E-state index >= 15 is 0 Å². The maximum absolute atomic E-state index is 13.8.